The number of nitrogens with zero attached hydrogens (tertiary/aromatic N) is 5. The molecule has 0 radical (unpaired) electrons. The Morgan fingerprint density at radius 3 is 2.71 bits per heavy atom. The summed E-state index contributed by atoms with van der Waals surface area (Å²) in [7, 11) is 0. The van der Waals surface area contributed by atoms with Crippen molar-refractivity contribution in [1.29, 1.82) is 0 Å². The fourth-order valence-corrected chi connectivity index (χ4v) is 5.59. The number of ether oxygens (including phenoxy) is 1. The molecule has 3 aliphatic rings. The van der Waals surface area contributed by atoms with Gasteiger partial charge in [0.05, 0.1) is 25.2 Å². The first-order valence-electron chi connectivity index (χ1n) is 13.6. The van der Waals surface area contributed by atoms with Crippen LogP contribution in [0.2, 0.25) is 0 Å². The van der Waals surface area contributed by atoms with E-state index in [-0.39, 0.29) is 24.6 Å². The number of alkyl halides is 3. The van der Waals surface area contributed by atoms with Crippen molar-refractivity contribution in [3.8, 4) is 0 Å². The number of rotatable bonds is 6. The van der Waals surface area contributed by atoms with E-state index in [1.54, 1.807) is 22.8 Å². The Morgan fingerprint density at radius 2 is 1.95 bits per heavy atom. The van der Waals surface area contributed by atoms with Crippen molar-refractivity contribution >= 4 is 34.7 Å². The molecule has 0 bridgehead atoms. The summed E-state index contributed by atoms with van der Waals surface area (Å²) in [5.74, 6) is -0.137. The van der Waals surface area contributed by atoms with E-state index < -0.39 is 24.9 Å². The lowest BCUT2D eigenvalue weighted by Gasteiger charge is -2.37. The molecule has 2 N–H and O–H groups in total. The van der Waals surface area contributed by atoms with Gasteiger partial charge in [0.2, 0.25) is 11.9 Å². The lowest BCUT2D eigenvalue weighted by atomic mass is 10.00. The predicted molar refractivity (Wildman–Crippen MR) is 145 cm³/mol. The molecule has 2 amide bonds. The highest BCUT2D eigenvalue weighted by Gasteiger charge is 2.38. The smallest absolute Gasteiger partial charge is 0.373 e. The average Bonchev–Trinajstić information content (AvgIpc) is 3.62. The Labute approximate surface area is 234 Å². The zero-order valence-electron chi connectivity index (χ0n) is 22.2. The van der Waals surface area contributed by atoms with Crippen molar-refractivity contribution in [3.05, 3.63) is 59.8 Å². The third-order valence-electron chi connectivity index (χ3n) is 7.73. The maximum Gasteiger partial charge on any atom is 0.389 e. The molecule has 216 valence electrons. The fourth-order valence-electron chi connectivity index (χ4n) is 5.59. The number of hydrogen-bond acceptors (Lipinski definition) is 7. The van der Waals surface area contributed by atoms with Gasteiger partial charge in [-0.15, -0.1) is 5.10 Å². The first-order valence-corrected chi connectivity index (χ1v) is 13.6. The van der Waals surface area contributed by atoms with Gasteiger partial charge in [0.1, 0.15) is 0 Å². The Bertz CT molecular complexity index is 1470. The van der Waals surface area contributed by atoms with Crippen LogP contribution in [0.1, 0.15) is 35.2 Å². The van der Waals surface area contributed by atoms with Crippen LogP contribution in [0.15, 0.2) is 48.7 Å². The van der Waals surface area contributed by atoms with Gasteiger partial charge < -0.3 is 25.2 Å². The standard InChI is InChI=1S/C28H30F3N7O3/c29-28(30,31)10-7-24(39)36-12-8-18(9-13-36)21-2-1-11-38-25(21)34-27(35-38)33-20-5-3-19(4-6-20)26(40)37-14-15-41-23-17-32-16-22(23)37/h1-6,8,11,22-23,32H,7,9-10,12-17H2,(H,33,35). The summed E-state index contributed by atoms with van der Waals surface area (Å²) < 4.78 is 44.9. The van der Waals surface area contributed by atoms with Gasteiger partial charge in [0.25, 0.3) is 5.91 Å². The van der Waals surface area contributed by atoms with Crippen LogP contribution in [0.5, 0.6) is 0 Å². The number of pyridine rings is 1. The Balaban J connectivity index is 1.12. The topological polar surface area (TPSA) is 104 Å². The molecule has 10 nitrogen and oxygen atoms in total. The minimum Gasteiger partial charge on any atom is -0.373 e. The van der Waals surface area contributed by atoms with Gasteiger partial charge in [-0.2, -0.15) is 18.2 Å². The minimum absolute atomic E-state index is 0.0181. The zero-order chi connectivity index (χ0) is 28.6. The highest BCUT2D eigenvalue weighted by atomic mass is 19.4. The normalized spacial score (nSPS) is 21.1. The first-order chi connectivity index (χ1) is 19.7. The predicted octanol–water partition coefficient (Wildman–Crippen LogP) is 3.24. The molecule has 6 rings (SSSR count). The quantitative estimate of drug-likeness (QED) is 0.470. The van der Waals surface area contributed by atoms with E-state index >= 15 is 0 Å². The van der Waals surface area contributed by atoms with E-state index in [1.165, 1.54) is 4.90 Å². The zero-order valence-corrected chi connectivity index (χ0v) is 22.2. The molecular formula is C28H30F3N7O3. The summed E-state index contributed by atoms with van der Waals surface area (Å²) in [6.45, 7) is 3.18. The van der Waals surface area contributed by atoms with Crippen molar-refractivity contribution in [2.24, 2.45) is 0 Å². The van der Waals surface area contributed by atoms with Crippen LogP contribution in [-0.2, 0) is 9.53 Å². The molecule has 5 heterocycles. The van der Waals surface area contributed by atoms with Crippen LogP contribution in [0.25, 0.3) is 11.2 Å². The second-order valence-electron chi connectivity index (χ2n) is 10.4. The Kier molecular flexibility index (Phi) is 7.39. The Hall–Kier alpha value is -3.97. The molecule has 13 heteroatoms. The molecule has 3 aliphatic heterocycles. The number of fused-ring (bicyclic) bond motifs is 2. The van der Waals surface area contributed by atoms with Gasteiger partial charge in [-0.05, 0) is 48.4 Å². The molecule has 3 aromatic rings. The molecule has 2 atom stereocenters. The molecule has 41 heavy (non-hydrogen) atoms. The van der Waals surface area contributed by atoms with E-state index in [0.717, 1.165) is 29.9 Å². The molecule has 0 aliphatic carbocycles. The number of hydrogen-bond donors (Lipinski definition) is 2. The van der Waals surface area contributed by atoms with Gasteiger partial charge in [0, 0.05) is 62.2 Å². The Morgan fingerprint density at radius 1 is 1.12 bits per heavy atom. The lowest BCUT2D eigenvalue weighted by Crippen LogP contribution is -2.53. The summed E-state index contributed by atoms with van der Waals surface area (Å²) >= 11 is 0. The number of morpholine rings is 1. The molecule has 1 aromatic carbocycles. The summed E-state index contributed by atoms with van der Waals surface area (Å²) in [5.41, 5.74) is 3.76. The number of anilines is 2. The summed E-state index contributed by atoms with van der Waals surface area (Å²) in [6.07, 6.45) is -1.82. The van der Waals surface area contributed by atoms with E-state index in [0.29, 0.717) is 43.3 Å². The van der Waals surface area contributed by atoms with Crippen LogP contribution >= 0.6 is 0 Å². The number of aromatic nitrogens is 3. The van der Waals surface area contributed by atoms with Crippen LogP contribution < -0.4 is 10.6 Å². The largest absolute Gasteiger partial charge is 0.389 e. The molecule has 2 saturated heterocycles. The minimum atomic E-state index is -4.35. The number of nitrogens with one attached hydrogen (secondary N) is 2. The van der Waals surface area contributed by atoms with Crippen LogP contribution in [0.4, 0.5) is 24.8 Å². The van der Waals surface area contributed by atoms with Gasteiger partial charge >= 0.3 is 6.18 Å². The van der Waals surface area contributed by atoms with Gasteiger partial charge in [-0.25, -0.2) is 4.52 Å². The molecule has 2 unspecified atom stereocenters. The van der Waals surface area contributed by atoms with Crippen molar-refractivity contribution in [2.45, 2.75) is 37.6 Å². The van der Waals surface area contributed by atoms with Crippen LogP contribution in [-0.4, -0.2) is 93.9 Å². The third-order valence-corrected chi connectivity index (χ3v) is 7.73. The first kappa shape index (κ1) is 27.2. The van der Waals surface area contributed by atoms with Crippen LogP contribution in [0.3, 0.4) is 0 Å². The second kappa shape index (κ2) is 11.1. The van der Waals surface area contributed by atoms with E-state index in [4.69, 9.17) is 4.74 Å². The van der Waals surface area contributed by atoms with Crippen molar-refractivity contribution in [3.63, 3.8) is 0 Å². The molecule has 0 spiro atoms. The number of benzene rings is 1. The van der Waals surface area contributed by atoms with E-state index in [2.05, 4.69) is 20.7 Å². The number of carbonyl (C=O) groups excluding carboxylic acids is 2. The lowest BCUT2D eigenvalue weighted by molar-refractivity contribution is -0.148. The maximum absolute atomic E-state index is 13.2. The van der Waals surface area contributed by atoms with Gasteiger partial charge in [-0.3, -0.25) is 9.59 Å². The molecule has 2 fully saturated rings. The van der Waals surface area contributed by atoms with E-state index in [9.17, 15) is 22.8 Å². The second-order valence-corrected chi connectivity index (χ2v) is 10.4. The summed E-state index contributed by atoms with van der Waals surface area (Å²) in [6, 6.07) is 11.0. The van der Waals surface area contributed by atoms with Gasteiger partial charge in [-0.1, -0.05) is 6.08 Å². The van der Waals surface area contributed by atoms with Crippen molar-refractivity contribution < 1.29 is 27.5 Å². The molecule has 2 aromatic heterocycles. The number of amides is 2. The highest BCUT2D eigenvalue weighted by Crippen LogP contribution is 2.28. The molecular weight excluding hydrogens is 539 g/mol. The highest BCUT2D eigenvalue weighted by molar-refractivity contribution is 5.95. The fraction of sp³-hybridized carbons (Fsp3) is 0.429. The average molecular weight is 570 g/mol. The SMILES string of the molecule is O=C(CCC(F)(F)F)N1CC=C(c2cccn3nc(Nc4ccc(C(=O)N5CCOC6CNCC65)cc4)nc23)CC1. The van der Waals surface area contributed by atoms with Crippen molar-refractivity contribution in [1.82, 2.24) is 29.7 Å². The monoisotopic (exact) mass is 569 g/mol. The summed E-state index contributed by atoms with van der Waals surface area (Å²) in [4.78, 5) is 33.4. The third kappa shape index (κ3) is 5.91. The van der Waals surface area contributed by atoms with Crippen molar-refractivity contribution in [2.75, 3.05) is 44.6 Å². The number of carbonyl (C=O) groups is 2. The summed E-state index contributed by atoms with van der Waals surface area (Å²) in [5, 5.41) is 11.0. The maximum atomic E-state index is 13.2. The van der Waals surface area contributed by atoms with Crippen LogP contribution in [0, 0.1) is 0 Å². The number of halogens is 3. The molecule has 0 saturated carbocycles. The van der Waals surface area contributed by atoms with E-state index in [1.807, 2.05) is 35.2 Å². The van der Waals surface area contributed by atoms with Gasteiger partial charge in [0.15, 0.2) is 5.65 Å².